The van der Waals surface area contributed by atoms with Crippen molar-refractivity contribution in [1.82, 2.24) is 4.90 Å². The molecular weight excluding hydrogens is 188 g/mol. The van der Waals surface area contributed by atoms with Crippen molar-refractivity contribution in [3.63, 3.8) is 0 Å². The van der Waals surface area contributed by atoms with E-state index in [1.54, 1.807) is 0 Å². The predicted molar refractivity (Wildman–Crippen MR) is 64.4 cm³/mol. The third-order valence-corrected chi connectivity index (χ3v) is 2.37. The van der Waals surface area contributed by atoms with E-state index in [0.717, 1.165) is 29.1 Å². The minimum absolute atomic E-state index is 0.704. The van der Waals surface area contributed by atoms with Crippen LogP contribution in [0.5, 0.6) is 5.75 Å². The van der Waals surface area contributed by atoms with Crippen LogP contribution in [0.25, 0.3) is 0 Å². The molecule has 0 saturated heterocycles. The minimum Gasteiger partial charge on any atom is -0.492 e. The first-order chi connectivity index (χ1) is 7.00. The number of anilines is 1. The van der Waals surface area contributed by atoms with Crippen molar-refractivity contribution in [3.05, 3.63) is 23.3 Å². The molecule has 0 heterocycles. The molecule has 1 rings (SSSR count). The molecular formula is C12H20N2O. The lowest BCUT2D eigenvalue weighted by molar-refractivity contribution is 0.261. The smallest absolute Gasteiger partial charge is 0.120 e. The van der Waals surface area contributed by atoms with Gasteiger partial charge in [0, 0.05) is 12.2 Å². The van der Waals surface area contributed by atoms with Crippen LogP contribution in [0.3, 0.4) is 0 Å². The second-order valence-electron chi connectivity index (χ2n) is 4.12. The van der Waals surface area contributed by atoms with Crippen LogP contribution in [0.1, 0.15) is 11.1 Å². The summed E-state index contributed by atoms with van der Waals surface area (Å²) in [5.74, 6) is 0.904. The number of ether oxygens (including phenoxy) is 1. The molecule has 0 saturated carbocycles. The van der Waals surface area contributed by atoms with Gasteiger partial charge in [-0.15, -0.1) is 0 Å². The fraction of sp³-hybridized carbons (Fsp3) is 0.500. The van der Waals surface area contributed by atoms with Crippen molar-refractivity contribution in [3.8, 4) is 5.75 Å². The fourth-order valence-electron chi connectivity index (χ4n) is 1.36. The molecule has 0 spiro atoms. The molecule has 2 N–H and O–H groups in total. The van der Waals surface area contributed by atoms with Gasteiger partial charge in [-0.2, -0.15) is 0 Å². The zero-order chi connectivity index (χ0) is 11.4. The monoisotopic (exact) mass is 208 g/mol. The Morgan fingerprint density at radius 3 is 2.20 bits per heavy atom. The zero-order valence-corrected chi connectivity index (χ0v) is 10.0. The number of rotatable bonds is 4. The van der Waals surface area contributed by atoms with Crippen molar-refractivity contribution in [2.45, 2.75) is 13.8 Å². The molecule has 0 radical (unpaired) electrons. The molecule has 3 nitrogen and oxygen atoms in total. The molecule has 0 unspecified atom stereocenters. The minimum atomic E-state index is 0.704. The molecule has 84 valence electrons. The highest BCUT2D eigenvalue weighted by Gasteiger charge is 2.02. The maximum atomic E-state index is 5.86. The Labute approximate surface area is 91.8 Å². The molecule has 15 heavy (non-hydrogen) atoms. The van der Waals surface area contributed by atoms with E-state index in [1.165, 1.54) is 0 Å². The van der Waals surface area contributed by atoms with Gasteiger partial charge in [0.1, 0.15) is 12.4 Å². The van der Waals surface area contributed by atoms with Crippen molar-refractivity contribution in [2.24, 2.45) is 0 Å². The van der Waals surface area contributed by atoms with Gasteiger partial charge in [0.25, 0.3) is 0 Å². The molecule has 0 amide bonds. The summed E-state index contributed by atoms with van der Waals surface area (Å²) in [5, 5.41) is 0. The lowest BCUT2D eigenvalue weighted by Gasteiger charge is -2.13. The molecule has 0 aliphatic carbocycles. The highest BCUT2D eigenvalue weighted by molar-refractivity contribution is 5.55. The van der Waals surface area contributed by atoms with Crippen LogP contribution >= 0.6 is 0 Å². The lowest BCUT2D eigenvalue weighted by Crippen LogP contribution is -2.19. The summed E-state index contributed by atoms with van der Waals surface area (Å²) >= 11 is 0. The molecule has 0 aromatic heterocycles. The number of aryl methyl sites for hydroxylation is 2. The van der Waals surface area contributed by atoms with Crippen molar-refractivity contribution >= 4 is 5.69 Å². The van der Waals surface area contributed by atoms with E-state index in [0.29, 0.717) is 6.61 Å². The Hall–Kier alpha value is -1.22. The normalized spacial score (nSPS) is 10.7. The molecule has 1 aromatic carbocycles. The van der Waals surface area contributed by atoms with Crippen LogP contribution in [0, 0.1) is 13.8 Å². The SMILES string of the molecule is Cc1cc(OCCN(C)C)cc(C)c1N. The maximum absolute atomic E-state index is 5.86. The van der Waals surface area contributed by atoms with Crippen molar-refractivity contribution in [1.29, 1.82) is 0 Å². The van der Waals surface area contributed by atoms with E-state index in [4.69, 9.17) is 10.5 Å². The topological polar surface area (TPSA) is 38.5 Å². The number of likely N-dealkylation sites (N-methyl/N-ethyl adjacent to an activating group) is 1. The van der Waals surface area contributed by atoms with Crippen LogP contribution in [0.4, 0.5) is 5.69 Å². The summed E-state index contributed by atoms with van der Waals surface area (Å²) in [6.07, 6.45) is 0. The Balaban J connectivity index is 2.63. The van der Waals surface area contributed by atoms with Gasteiger partial charge in [0.05, 0.1) is 0 Å². The van der Waals surface area contributed by atoms with Crippen LogP contribution in [0.15, 0.2) is 12.1 Å². The third kappa shape index (κ3) is 3.44. The maximum Gasteiger partial charge on any atom is 0.120 e. The van der Waals surface area contributed by atoms with E-state index in [2.05, 4.69) is 4.90 Å². The first-order valence-corrected chi connectivity index (χ1v) is 5.15. The number of nitrogens with two attached hydrogens (primary N) is 1. The fourth-order valence-corrected chi connectivity index (χ4v) is 1.36. The van der Waals surface area contributed by atoms with E-state index in [-0.39, 0.29) is 0 Å². The summed E-state index contributed by atoms with van der Waals surface area (Å²) in [7, 11) is 4.06. The predicted octanol–water partition coefficient (Wildman–Crippen LogP) is 1.83. The first kappa shape index (κ1) is 11.9. The summed E-state index contributed by atoms with van der Waals surface area (Å²) < 4.78 is 5.64. The Kier molecular flexibility index (Phi) is 3.97. The molecule has 1 aromatic rings. The van der Waals surface area contributed by atoms with Gasteiger partial charge in [0.2, 0.25) is 0 Å². The Bertz CT molecular complexity index is 311. The Morgan fingerprint density at radius 2 is 1.73 bits per heavy atom. The summed E-state index contributed by atoms with van der Waals surface area (Å²) in [5.41, 5.74) is 8.88. The van der Waals surface area contributed by atoms with Crippen LogP contribution in [0.2, 0.25) is 0 Å². The molecule has 0 bridgehead atoms. The van der Waals surface area contributed by atoms with Gasteiger partial charge < -0.3 is 15.4 Å². The van der Waals surface area contributed by atoms with E-state index < -0.39 is 0 Å². The summed E-state index contributed by atoms with van der Waals surface area (Å²) in [6.45, 7) is 5.63. The molecule has 0 fully saturated rings. The quantitative estimate of drug-likeness (QED) is 0.767. The average molecular weight is 208 g/mol. The second kappa shape index (κ2) is 5.03. The lowest BCUT2D eigenvalue weighted by atomic mass is 10.1. The van der Waals surface area contributed by atoms with E-state index in [9.17, 15) is 0 Å². The summed E-state index contributed by atoms with van der Waals surface area (Å²) in [4.78, 5) is 2.09. The largest absolute Gasteiger partial charge is 0.492 e. The van der Waals surface area contributed by atoms with Crippen LogP contribution in [-0.4, -0.2) is 32.1 Å². The van der Waals surface area contributed by atoms with Crippen LogP contribution < -0.4 is 10.5 Å². The second-order valence-corrected chi connectivity index (χ2v) is 4.12. The molecule has 0 aliphatic rings. The van der Waals surface area contributed by atoms with Gasteiger partial charge >= 0.3 is 0 Å². The number of nitrogens with zero attached hydrogens (tertiary/aromatic N) is 1. The summed E-state index contributed by atoms with van der Waals surface area (Å²) in [6, 6.07) is 3.97. The van der Waals surface area contributed by atoms with Gasteiger partial charge in [-0.05, 0) is 51.2 Å². The van der Waals surface area contributed by atoms with Crippen molar-refractivity contribution < 1.29 is 4.74 Å². The number of hydrogen-bond donors (Lipinski definition) is 1. The highest BCUT2D eigenvalue weighted by atomic mass is 16.5. The van der Waals surface area contributed by atoms with Gasteiger partial charge in [0.15, 0.2) is 0 Å². The van der Waals surface area contributed by atoms with E-state index in [1.807, 2.05) is 40.1 Å². The number of benzene rings is 1. The Morgan fingerprint density at radius 1 is 1.20 bits per heavy atom. The van der Waals surface area contributed by atoms with Gasteiger partial charge in [-0.25, -0.2) is 0 Å². The van der Waals surface area contributed by atoms with E-state index >= 15 is 0 Å². The van der Waals surface area contributed by atoms with Gasteiger partial charge in [-0.1, -0.05) is 0 Å². The molecule has 3 heteroatoms. The first-order valence-electron chi connectivity index (χ1n) is 5.15. The molecule has 0 atom stereocenters. The number of hydrogen-bond acceptors (Lipinski definition) is 3. The number of nitrogen functional groups attached to an aromatic ring is 1. The zero-order valence-electron chi connectivity index (χ0n) is 10.0. The average Bonchev–Trinajstić information content (AvgIpc) is 2.13. The van der Waals surface area contributed by atoms with Gasteiger partial charge in [-0.3, -0.25) is 0 Å². The molecule has 0 aliphatic heterocycles. The third-order valence-electron chi connectivity index (χ3n) is 2.37. The van der Waals surface area contributed by atoms with Crippen LogP contribution in [-0.2, 0) is 0 Å². The van der Waals surface area contributed by atoms with Crippen molar-refractivity contribution in [2.75, 3.05) is 33.0 Å². The standard InChI is InChI=1S/C12H20N2O/c1-9-7-11(8-10(2)12(9)13)15-6-5-14(3)4/h7-8H,5-6,13H2,1-4H3. The highest BCUT2D eigenvalue weighted by Crippen LogP contribution is 2.23.